The van der Waals surface area contributed by atoms with Crippen LogP contribution in [0.5, 0.6) is 0 Å². The molecular formula is C21H15FNO2-. The predicted octanol–water partition coefficient (Wildman–Crippen LogP) is 3.61. The lowest BCUT2D eigenvalue weighted by Crippen LogP contribution is -2.26. The Balaban J connectivity index is 1.95. The molecule has 3 nitrogen and oxygen atoms in total. The molecule has 124 valence electrons. The number of carbonyl (C=O) groups excluding carboxylic acids is 1. The summed E-state index contributed by atoms with van der Waals surface area (Å²) < 4.78 is 13.1. The summed E-state index contributed by atoms with van der Waals surface area (Å²) in [5.74, 6) is -1.45. The normalized spacial score (nSPS) is 15.3. The second-order valence-corrected chi connectivity index (χ2v) is 6.19. The fourth-order valence-electron chi connectivity index (χ4n) is 3.47. The third-order valence-corrected chi connectivity index (χ3v) is 4.59. The number of rotatable bonds is 2. The number of carboxylic acid groups (broad SMARTS) is 1. The molecule has 0 fully saturated rings. The molecule has 25 heavy (non-hydrogen) atoms. The van der Waals surface area contributed by atoms with Crippen molar-refractivity contribution in [2.45, 2.75) is 19.3 Å². The van der Waals surface area contributed by atoms with E-state index in [0.29, 0.717) is 23.0 Å². The van der Waals surface area contributed by atoms with Crippen LogP contribution in [0.1, 0.15) is 40.0 Å². The van der Waals surface area contributed by atoms with Gasteiger partial charge in [-0.1, -0.05) is 30.3 Å². The molecule has 1 aliphatic carbocycles. The zero-order chi connectivity index (χ0) is 17.4. The maximum absolute atomic E-state index is 13.1. The van der Waals surface area contributed by atoms with Gasteiger partial charge in [-0.15, -0.1) is 0 Å². The van der Waals surface area contributed by atoms with E-state index in [4.69, 9.17) is 4.98 Å². The highest BCUT2D eigenvalue weighted by Gasteiger charge is 2.21. The van der Waals surface area contributed by atoms with Crippen LogP contribution < -0.4 is 5.11 Å². The zero-order valence-corrected chi connectivity index (χ0v) is 13.5. The molecule has 0 bridgehead atoms. The van der Waals surface area contributed by atoms with Gasteiger partial charge >= 0.3 is 0 Å². The van der Waals surface area contributed by atoms with Crippen LogP contribution in [0.3, 0.4) is 0 Å². The van der Waals surface area contributed by atoms with Crippen molar-refractivity contribution in [2.24, 2.45) is 0 Å². The number of halogens is 1. The van der Waals surface area contributed by atoms with Gasteiger partial charge in [0.05, 0.1) is 17.2 Å². The van der Waals surface area contributed by atoms with Gasteiger partial charge in [0.2, 0.25) is 0 Å². The maximum Gasteiger partial charge on any atom is 0.123 e. The number of allylic oxidation sites excluding steroid dienone is 1. The standard InChI is InChI=1S/C21H16FNO2/c22-15-10-8-13(9-11-15)12-14-4-3-6-17-19(21(24)25)16-5-1-2-7-18(16)23-20(14)17/h1-2,5,7-12H,3-4,6H2,(H,24,25)/p-1/b14-12+. The molecule has 0 amide bonds. The van der Waals surface area contributed by atoms with Gasteiger partial charge in [0.15, 0.2) is 0 Å². The Kier molecular flexibility index (Phi) is 3.80. The average molecular weight is 332 g/mol. The number of para-hydroxylation sites is 1. The van der Waals surface area contributed by atoms with E-state index in [2.05, 4.69) is 0 Å². The first kappa shape index (κ1) is 15.5. The summed E-state index contributed by atoms with van der Waals surface area (Å²) in [7, 11) is 0. The van der Waals surface area contributed by atoms with Gasteiger partial charge in [-0.2, -0.15) is 0 Å². The van der Waals surface area contributed by atoms with Gasteiger partial charge in [0.1, 0.15) is 5.82 Å². The molecule has 3 aromatic rings. The number of benzene rings is 2. The summed E-state index contributed by atoms with van der Waals surface area (Å²) in [6, 6.07) is 13.5. The SMILES string of the molecule is O=C([O-])c1c2c(nc3ccccc13)/C(=C/c1ccc(F)cc1)CCC2. The summed E-state index contributed by atoms with van der Waals surface area (Å²) in [6.07, 6.45) is 4.28. The molecule has 1 aromatic heterocycles. The minimum absolute atomic E-state index is 0.241. The number of carbonyl (C=O) groups is 1. The Morgan fingerprint density at radius 2 is 1.84 bits per heavy atom. The quantitative estimate of drug-likeness (QED) is 0.720. The highest BCUT2D eigenvalue weighted by molar-refractivity contribution is 6.05. The fraction of sp³-hybridized carbons (Fsp3) is 0.143. The van der Waals surface area contributed by atoms with E-state index in [9.17, 15) is 14.3 Å². The lowest BCUT2D eigenvalue weighted by atomic mass is 9.86. The largest absolute Gasteiger partial charge is 0.545 e. The number of aromatic nitrogens is 1. The molecule has 0 aliphatic heterocycles. The molecule has 0 unspecified atom stereocenters. The highest BCUT2D eigenvalue weighted by atomic mass is 19.1. The fourth-order valence-corrected chi connectivity index (χ4v) is 3.47. The predicted molar refractivity (Wildman–Crippen MR) is 93.3 cm³/mol. The number of aromatic carboxylic acids is 1. The molecular weight excluding hydrogens is 317 g/mol. The molecule has 0 saturated heterocycles. The summed E-state index contributed by atoms with van der Waals surface area (Å²) in [6.45, 7) is 0. The van der Waals surface area contributed by atoms with E-state index in [-0.39, 0.29) is 11.4 Å². The molecule has 4 heteroatoms. The van der Waals surface area contributed by atoms with Crippen molar-refractivity contribution < 1.29 is 14.3 Å². The molecule has 0 spiro atoms. The zero-order valence-electron chi connectivity index (χ0n) is 13.5. The van der Waals surface area contributed by atoms with Crippen LogP contribution in [0.2, 0.25) is 0 Å². The summed E-state index contributed by atoms with van der Waals surface area (Å²) in [5, 5.41) is 12.4. The topological polar surface area (TPSA) is 53.0 Å². The first-order valence-corrected chi connectivity index (χ1v) is 8.23. The van der Waals surface area contributed by atoms with Gasteiger partial charge in [-0.25, -0.2) is 9.37 Å². The lowest BCUT2D eigenvalue weighted by Gasteiger charge is -2.23. The molecule has 2 aromatic carbocycles. The van der Waals surface area contributed by atoms with Crippen molar-refractivity contribution in [1.82, 2.24) is 4.98 Å². The highest BCUT2D eigenvalue weighted by Crippen LogP contribution is 2.35. The van der Waals surface area contributed by atoms with Crippen molar-refractivity contribution >= 4 is 28.5 Å². The molecule has 1 heterocycles. The lowest BCUT2D eigenvalue weighted by molar-refractivity contribution is -0.254. The van der Waals surface area contributed by atoms with Crippen molar-refractivity contribution in [3.63, 3.8) is 0 Å². The Bertz CT molecular complexity index is 1010. The third kappa shape index (κ3) is 2.80. The number of carboxylic acids is 1. The summed E-state index contributed by atoms with van der Waals surface area (Å²) >= 11 is 0. The Morgan fingerprint density at radius 1 is 1.08 bits per heavy atom. The third-order valence-electron chi connectivity index (χ3n) is 4.59. The molecule has 0 saturated carbocycles. The van der Waals surface area contributed by atoms with Crippen LogP contribution in [0, 0.1) is 5.82 Å². The van der Waals surface area contributed by atoms with E-state index in [1.807, 2.05) is 18.2 Å². The molecule has 0 N–H and O–H groups in total. The van der Waals surface area contributed by atoms with Gasteiger partial charge in [0.25, 0.3) is 0 Å². The van der Waals surface area contributed by atoms with Gasteiger partial charge in [-0.05, 0) is 60.2 Å². The van der Waals surface area contributed by atoms with Crippen molar-refractivity contribution in [1.29, 1.82) is 0 Å². The van der Waals surface area contributed by atoms with Gasteiger partial charge < -0.3 is 9.90 Å². The number of fused-ring (bicyclic) bond motifs is 2. The first-order valence-electron chi connectivity index (χ1n) is 8.23. The van der Waals surface area contributed by atoms with E-state index in [1.165, 1.54) is 12.1 Å². The van der Waals surface area contributed by atoms with Crippen molar-refractivity contribution in [3.05, 3.63) is 76.7 Å². The van der Waals surface area contributed by atoms with Crippen molar-refractivity contribution in [2.75, 3.05) is 0 Å². The van der Waals surface area contributed by atoms with Crippen LogP contribution in [0.15, 0.2) is 48.5 Å². The summed E-state index contributed by atoms with van der Waals surface area (Å²) in [4.78, 5) is 16.5. The number of nitrogens with zero attached hydrogens (tertiary/aromatic N) is 1. The van der Waals surface area contributed by atoms with E-state index in [1.54, 1.807) is 24.3 Å². The second kappa shape index (κ2) is 6.13. The smallest absolute Gasteiger partial charge is 0.123 e. The van der Waals surface area contributed by atoms with Crippen LogP contribution in [0.4, 0.5) is 4.39 Å². The van der Waals surface area contributed by atoms with E-state index >= 15 is 0 Å². The number of pyridine rings is 1. The van der Waals surface area contributed by atoms with Gasteiger partial charge in [-0.3, -0.25) is 0 Å². The average Bonchev–Trinajstić information content (AvgIpc) is 2.62. The van der Waals surface area contributed by atoms with Crippen molar-refractivity contribution in [3.8, 4) is 0 Å². The molecule has 1 aliphatic rings. The van der Waals surface area contributed by atoms with Crippen LogP contribution in [-0.4, -0.2) is 11.0 Å². The molecule has 4 rings (SSSR count). The first-order chi connectivity index (χ1) is 12.1. The molecule has 0 atom stereocenters. The van der Waals surface area contributed by atoms with E-state index in [0.717, 1.165) is 29.5 Å². The Labute approximate surface area is 144 Å². The number of hydrogen-bond donors (Lipinski definition) is 0. The van der Waals surface area contributed by atoms with Crippen LogP contribution in [-0.2, 0) is 6.42 Å². The number of hydrogen-bond acceptors (Lipinski definition) is 3. The minimum atomic E-state index is -1.17. The second-order valence-electron chi connectivity index (χ2n) is 6.19. The van der Waals surface area contributed by atoms with Gasteiger partial charge in [0, 0.05) is 10.9 Å². The minimum Gasteiger partial charge on any atom is -0.545 e. The molecule has 0 radical (unpaired) electrons. The summed E-state index contributed by atoms with van der Waals surface area (Å²) in [5.41, 5.74) is 4.18. The monoisotopic (exact) mass is 332 g/mol. The Hall–Kier alpha value is -3.01. The van der Waals surface area contributed by atoms with Crippen LogP contribution >= 0.6 is 0 Å². The maximum atomic E-state index is 13.1. The van der Waals surface area contributed by atoms with Crippen LogP contribution in [0.25, 0.3) is 22.6 Å². The van der Waals surface area contributed by atoms with E-state index < -0.39 is 5.97 Å². The Morgan fingerprint density at radius 3 is 2.60 bits per heavy atom.